The number of rotatable bonds is 4. The van der Waals surface area contributed by atoms with Gasteiger partial charge in [-0.1, -0.05) is 11.6 Å². The van der Waals surface area contributed by atoms with E-state index in [1.165, 1.54) is 18.2 Å². The van der Waals surface area contributed by atoms with Gasteiger partial charge in [0.05, 0.1) is 16.9 Å². The van der Waals surface area contributed by atoms with Gasteiger partial charge in [0.15, 0.2) is 0 Å². The lowest BCUT2D eigenvalue weighted by molar-refractivity contribution is -0.385. The Bertz CT molecular complexity index is 525. The van der Waals surface area contributed by atoms with Crippen molar-refractivity contribution in [2.45, 2.75) is 6.92 Å². The summed E-state index contributed by atoms with van der Waals surface area (Å²) in [4.78, 5) is 21.9. The Hall–Kier alpha value is -2.13. The highest BCUT2D eigenvalue weighted by molar-refractivity contribution is 6.31. The summed E-state index contributed by atoms with van der Waals surface area (Å²) in [5.41, 5.74) is -0.431. The van der Waals surface area contributed by atoms with Gasteiger partial charge in [0, 0.05) is 17.6 Å². The van der Waals surface area contributed by atoms with Crippen LogP contribution in [0.5, 0.6) is 0 Å². The van der Waals surface area contributed by atoms with Gasteiger partial charge >= 0.3 is 0 Å². The predicted octanol–water partition coefficient (Wildman–Crippen LogP) is 2.14. The van der Waals surface area contributed by atoms with E-state index in [1.807, 2.05) is 6.07 Å². The third-order valence-corrected chi connectivity index (χ3v) is 2.42. The van der Waals surface area contributed by atoms with Gasteiger partial charge in [-0.3, -0.25) is 14.9 Å². The Morgan fingerprint density at radius 3 is 2.89 bits per heavy atom. The van der Waals surface area contributed by atoms with Gasteiger partial charge in [-0.15, -0.1) is 0 Å². The molecule has 7 heteroatoms. The number of halogens is 1. The lowest BCUT2D eigenvalue weighted by Gasteiger charge is -2.06. The zero-order valence-corrected chi connectivity index (χ0v) is 10.3. The Balaban J connectivity index is 2.94. The highest BCUT2D eigenvalue weighted by Crippen LogP contribution is 2.22. The molecule has 1 rings (SSSR count). The molecule has 1 aromatic carbocycles. The second-order valence-corrected chi connectivity index (χ2v) is 4.10. The summed E-state index contributed by atoms with van der Waals surface area (Å²) in [7, 11) is 0. The summed E-state index contributed by atoms with van der Waals surface area (Å²) < 4.78 is 0. The van der Waals surface area contributed by atoms with E-state index in [0.717, 1.165) is 0 Å². The van der Waals surface area contributed by atoms with Gasteiger partial charge in [0.1, 0.15) is 5.56 Å². The fraction of sp³-hybridized carbons (Fsp3) is 0.273. The van der Waals surface area contributed by atoms with Crippen LogP contribution in [-0.4, -0.2) is 17.4 Å². The summed E-state index contributed by atoms with van der Waals surface area (Å²) in [5, 5.41) is 22.0. The van der Waals surface area contributed by atoms with Crippen molar-refractivity contribution in [2.75, 3.05) is 6.54 Å². The zero-order valence-electron chi connectivity index (χ0n) is 9.51. The van der Waals surface area contributed by atoms with E-state index in [1.54, 1.807) is 6.92 Å². The Kier molecular flexibility index (Phi) is 4.63. The number of carbonyl (C=O) groups excluding carboxylic acids is 1. The van der Waals surface area contributed by atoms with E-state index in [2.05, 4.69) is 5.32 Å². The van der Waals surface area contributed by atoms with E-state index < -0.39 is 10.8 Å². The van der Waals surface area contributed by atoms with E-state index in [9.17, 15) is 14.9 Å². The predicted molar refractivity (Wildman–Crippen MR) is 65.2 cm³/mol. The largest absolute Gasteiger partial charge is 0.351 e. The number of nitriles is 1. The number of hydrogen-bond donors (Lipinski definition) is 1. The van der Waals surface area contributed by atoms with Crippen LogP contribution >= 0.6 is 11.6 Å². The van der Waals surface area contributed by atoms with E-state index in [4.69, 9.17) is 16.9 Å². The molecule has 0 bridgehead atoms. The minimum absolute atomic E-state index is 0.113. The molecule has 0 fully saturated rings. The minimum Gasteiger partial charge on any atom is -0.351 e. The summed E-state index contributed by atoms with van der Waals surface area (Å²) in [5.74, 6) is -0.988. The van der Waals surface area contributed by atoms with Gasteiger partial charge < -0.3 is 5.32 Å². The van der Waals surface area contributed by atoms with Crippen LogP contribution in [0, 0.1) is 27.4 Å². The molecule has 1 amide bonds. The Morgan fingerprint density at radius 1 is 1.67 bits per heavy atom. The Morgan fingerprint density at radius 2 is 2.33 bits per heavy atom. The number of nitrogens with zero attached hydrogens (tertiary/aromatic N) is 2. The van der Waals surface area contributed by atoms with Crippen molar-refractivity contribution >= 4 is 23.2 Å². The third kappa shape index (κ3) is 3.43. The molecule has 0 aromatic heterocycles. The van der Waals surface area contributed by atoms with Crippen LogP contribution in [0.2, 0.25) is 5.02 Å². The number of nitro benzene ring substituents is 1. The van der Waals surface area contributed by atoms with Crippen LogP contribution in [-0.2, 0) is 0 Å². The number of carbonyl (C=O) groups is 1. The number of amides is 1. The molecule has 0 saturated heterocycles. The molecule has 0 heterocycles. The molecule has 1 unspecified atom stereocenters. The van der Waals surface area contributed by atoms with E-state index >= 15 is 0 Å². The average molecular weight is 268 g/mol. The fourth-order valence-corrected chi connectivity index (χ4v) is 1.41. The van der Waals surface area contributed by atoms with Gasteiger partial charge in [-0.2, -0.15) is 5.26 Å². The first-order valence-electron chi connectivity index (χ1n) is 5.07. The first-order chi connectivity index (χ1) is 8.45. The lowest BCUT2D eigenvalue weighted by atomic mass is 10.1. The molecule has 1 atom stereocenters. The molecule has 6 nitrogen and oxygen atoms in total. The fourth-order valence-electron chi connectivity index (χ4n) is 1.24. The highest BCUT2D eigenvalue weighted by Gasteiger charge is 2.20. The molecule has 0 spiro atoms. The molecule has 0 radical (unpaired) electrons. The minimum atomic E-state index is -0.654. The van der Waals surface area contributed by atoms with Gasteiger partial charge in [-0.25, -0.2) is 0 Å². The second-order valence-electron chi connectivity index (χ2n) is 3.66. The van der Waals surface area contributed by atoms with Crippen LogP contribution in [0.15, 0.2) is 18.2 Å². The molecule has 1 aromatic rings. The van der Waals surface area contributed by atoms with Gasteiger partial charge in [0.25, 0.3) is 11.6 Å². The van der Waals surface area contributed by atoms with Crippen molar-refractivity contribution < 1.29 is 9.72 Å². The number of nitro groups is 1. The van der Waals surface area contributed by atoms with Gasteiger partial charge in [0.2, 0.25) is 0 Å². The molecule has 0 aliphatic heterocycles. The number of hydrogen-bond acceptors (Lipinski definition) is 4. The average Bonchev–Trinajstić information content (AvgIpc) is 2.34. The maximum Gasteiger partial charge on any atom is 0.282 e. The smallest absolute Gasteiger partial charge is 0.282 e. The van der Waals surface area contributed by atoms with Crippen molar-refractivity contribution in [3.63, 3.8) is 0 Å². The highest BCUT2D eigenvalue weighted by atomic mass is 35.5. The van der Waals surface area contributed by atoms with Crippen molar-refractivity contribution in [3.05, 3.63) is 38.9 Å². The molecule has 1 N–H and O–H groups in total. The van der Waals surface area contributed by atoms with Crippen LogP contribution in [0.1, 0.15) is 17.3 Å². The van der Waals surface area contributed by atoms with Crippen molar-refractivity contribution in [1.29, 1.82) is 5.26 Å². The molecule has 0 aliphatic carbocycles. The first-order valence-corrected chi connectivity index (χ1v) is 5.45. The van der Waals surface area contributed by atoms with Crippen molar-refractivity contribution in [2.24, 2.45) is 5.92 Å². The second kappa shape index (κ2) is 5.98. The van der Waals surface area contributed by atoms with Crippen molar-refractivity contribution in [1.82, 2.24) is 5.32 Å². The van der Waals surface area contributed by atoms with Gasteiger partial charge in [-0.05, 0) is 19.1 Å². The molecule has 0 saturated carbocycles. The standard InChI is InChI=1S/C11H10ClN3O3/c1-7(5-13)6-14-11(16)9-4-8(12)2-3-10(9)15(17)18/h2-4,7H,6H2,1H3,(H,14,16). The maximum atomic E-state index is 11.8. The monoisotopic (exact) mass is 267 g/mol. The summed E-state index contributed by atoms with van der Waals surface area (Å²) in [6, 6.07) is 5.69. The number of nitrogens with one attached hydrogen (secondary N) is 1. The third-order valence-electron chi connectivity index (χ3n) is 2.19. The van der Waals surface area contributed by atoms with Crippen LogP contribution in [0.25, 0.3) is 0 Å². The molecular formula is C11H10ClN3O3. The zero-order chi connectivity index (χ0) is 13.7. The van der Waals surface area contributed by atoms with Crippen LogP contribution in [0.4, 0.5) is 5.69 Å². The molecular weight excluding hydrogens is 258 g/mol. The van der Waals surface area contributed by atoms with E-state index in [0.29, 0.717) is 0 Å². The Labute approximate surface area is 108 Å². The van der Waals surface area contributed by atoms with Crippen LogP contribution < -0.4 is 5.32 Å². The van der Waals surface area contributed by atoms with Crippen molar-refractivity contribution in [3.8, 4) is 6.07 Å². The first kappa shape index (κ1) is 13.9. The molecule has 18 heavy (non-hydrogen) atoms. The molecule has 0 aliphatic rings. The van der Waals surface area contributed by atoms with E-state index in [-0.39, 0.29) is 28.7 Å². The number of benzene rings is 1. The summed E-state index contributed by atoms with van der Waals surface area (Å²) in [6.45, 7) is 1.76. The maximum absolute atomic E-state index is 11.8. The normalized spacial score (nSPS) is 11.4. The molecule has 94 valence electrons. The SMILES string of the molecule is CC(C#N)CNC(=O)c1cc(Cl)ccc1[N+](=O)[O-]. The lowest BCUT2D eigenvalue weighted by Crippen LogP contribution is -2.28. The summed E-state index contributed by atoms with van der Waals surface area (Å²) >= 11 is 5.70. The summed E-state index contributed by atoms with van der Waals surface area (Å²) in [6.07, 6.45) is 0. The van der Waals surface area contributed by atoms with Crippen LogP contribution in [0.3, 0.4) is 0 Å². The quantitative estimate of drug-likeness (QED) is 0.667. The topological polar surface area (TPSA) is 96.0 Å².